The number of nitrogens with one attached hydrogen (secondary N) is 1. The van der Waals surface area contributed by atoms with Crippen molar-refractivity contribution >= 4 is 11.4 Å². The van der Waals surface area contributed by atoms with Crippen LogP contribution in [0.1, 0.15) is 16.7 Å². The highest BCUT2D eigenvalue weighted by molar-refractivity contribution is 5.52. The zero-order valence-corrected chi connectivity index (χ0v) is 11.3. The highest BCUT2D eigenvalue weighted by Gasteiger charge is 2.14. The minimum absolute atomic E-state index is 0.518. The molecule has 104 valence electrons. The number of nitro benzene ring substituents is 1. The van der Waals surface area contributed by atoms with E-state index in [0.717, 1.165) is 22.8 Å². The minimum atomic E-state index is -0.827. The molecule has 0 heterocycles. The summed E-state index contributed by atoms with van der Waals surface area (Å²) in [6, 6.07) is 9.95. The van der Waals surface area contributed by atoms with E-state index in [1.54, 1.807) is 0 Å². The normalized spacial score (nSPS) is 10.3. The molecule has 2 aromatic rings. The van der Waals surface area contributed by atoms with Gasteiger partial charge in [-0.2, -0.15) is 4.39 Å². The van der Waals surface area contributed by atoms with Crippen LogP contribution >= 0.6 is 0 Å². The monoisotopic (exact) mass is 274 g/mol. The summed E-state index contributed by atoms with van der Waals surface area (Å²) in [5.74, 6) is -0.827. The lowest BCUT2D eigenvalue weighted by atomic mass is 10.1. The Bertz CT molecular complexity index is 636. The van der Waals surface area contributed by atoms with Gasteiger partial charge in [-0.15, -0.1) is 0 Å². The molecule has 2 rings (SSSR count). The molecule has 0 fully saturated rings. The van der Waals surface area contributed by atoms with Crippen LogP contribution in [0.5, 0.6) is 0 Å². The molecule has 0 bridgehead atoms. The Labute approximate surface area is 116 Å². The molecule has 0 radical (unpaired) electrons. The summed E-state index contributed by atoms with van der Waals surface area (Å²) in [5.41, 5.74) is 3.40. The molecule has 5 heteroatoms. The third-order valence-electron chi connectivity index (χ3n) is 2.92. The zero-order valence-electron chi connectivity index (χ0n) is 11.3. The van der Waals surface area contributed by atoms with Gasteiger partial charge in [-0.25, -0.2) is 0 Å². The molecule has 1 N–H and O–H groups in total. The average Bonchev–Trinajstić information content (AvgIpc) is 2.36. The van der Waals surface area contributed by atoms with Crippen molar-refractivity contribution in [3.8, 4) is 0 Å². The summed E-state index contributed by atoms with van der Waals surface area (Å²) in [5, 5.41) is 13.7. The molecule has 0 aromatic heterocycles. The molecule has 0 unspecified atom stereocenters. The van der Waals surface area contributed by atoms with Crippen molar-refractivity contribution in [2.45, 2.75) is 20.4 Å². The first-order chi connectivity index (χ1) is 9.45. The maximum Gasteiger partial charge on any atom is 0.306 e. The van der Waals surface area contributed by atoms with Gasteiger partial charge in [0.05, 0.1) is 4.92 Å². The largest absolute Gasteiger partial charge is 0.381 e. The number of nitrogens with zero attached hydrogens (tertiary/aromatic N) is 1. The van der Waals surface area contributed by atoms with Crippen LogP contribution in [0.4, 0.5) is 15.8 Å². The van der Waals surface area contributed by atoms with Crippen LogP contribution in [0.15, 0.2) is 36.4 Å². The van der Waals surface area contributed by atoms with E-state index in [2.05, 4.69) is 11.4 Å². The van der Waals surface area contributed by atoms with E-state index in [0.29, 0.717) is 12.2 Å². The van der Waals surface area contributed by atoms with Crippen molar-refractivity contribution < 1.29 is 9.31 Å². The smallest absolute Gasteiger partial charge is 0.306 e. The fourth-order valence-electron chi connectivity index (χ4n) is 2.14. The fourth-order valence-corrected chi connectivity index (χ4v) is 2.14. The fraction of sp³-hybridized carbons (Fsp3) is 0.200. The number of nitro groups is 1. The molecule has 0 saturated carbocycles. The van der Waals surface area contributed by atoms with Crippen LogP contribution < -0.4 is 5.32 Å². The van der Waals surface area contributed by atoms with E-state index in [1.165, 1.54) is 12.1 Å². The number of anilines is 1. The predicted molar refractivity (Wildman–Crippen MR) is 76.3 cm³/mol. The van der Waals surface area contributed by atoms with Gasteiger partial charge in [-0.1, -0.05) is 29.3 Å². The van der Waals surface area contributed by atoms with E-state index in [9.17, 15) is 14.5 Å². The number of aryl methyl sites for hydroxylation is 2. The SMILES string of the molecule is Cc1cc(C)cc(CNc2ccc(F)c([N+](=O)[O-])c2)c1. The quantitative estimate of drug-likeness (QED) is 0.678. The van der Waals surface area contributed by atoms with Crippen LogP contribution in [0, 0.1) is 29.8 Å². The first-order valence-corrected chi connectivity index (χ1v) is 6.20. The maximum atomic E-state index is 13.2. The number of benzene rings is 2. The molecule has 0 spiro atoms. The summed E-state index contributed by atoms with van der Waals surface area (Å²) < 4.78 is 13.2. The maximum absolute atomic E-state index is 13.2. The van der Waals surface area contributed by atoms with Crippen molar-refractivity contribution in [3.05, 3.63) is 69.0 Å². The van der Waals surface area contributed by atoms with E-state index in [1.807, 2.05) is 26.0 Å². The molecule has 2 aromatic carbocycles. The molecule has 0 aliphatic carbocycles. The third-order valence-corrected chi connectivity index (χ3v) is 2.92. The summed E-state index contributed by atoms with van der Waals surface area (Å²) in [4.78, 5) is 9.95. The lowest BCUT2D eigenvalue weighted by Crippen LogP contribution is -2.01. The second-order valence-corrected chi connectivity index (χ2v) is 4.77. The Morgan fingerprint density at radius 1 is 1.15 bits per heavy atom. The molecule has 0 aliphatic rings. The van der Waals surface area contributed by atoms with Crippen LogP contribution in [-0.4, -0.2) is 4.92 Å². The third kappa shape index (κ3) is 3.32. The van der Waals surface area contributed by atoms with Gasteiger partial charge in [-0.05, 0) is 31.5 Å². The zero-order chi connectivity index (χ0) is 14.7. The Balaban J connectivity index is 2.14. The molecule has 0 aliphatic heterocycles. The first kappa shape index (κ1) is 14.0. The van der Waals surface area contributed by atoms with Gasteiger partial charge in [0.1, 0.15) is 0 Å². The average molecular weight is 274 g/mol. The Hall–Kier alpha value is -2.43. The van der Waals surface area contributed by atoms with Crippen molar-refractivity contribution in [1.29, 1.82) is 0 Å². The van der Waals surface area contributed by atoms with Crippen molar-refractivity contribution in [2.24, 2.45) is 0 Å². The van der Waals surface area contributed by atoms with Crippen molar-refractivity contribution in [1.82, 2.24) is 0 Å². The predicted octanol–water partition coefficient (Wildman–Crippen LogP) is 3.96. The van der Waals surface area contributed by atoms with Crippen LogP contribution in [0.25, 0.3) is 0 Å². The summed E-state index contributed by atoms with van der Waals surface area (Å²) in [6.45, 7) is 4.56. The number of halogens is 1. The van der Waals surface area contributed by atoms with Crippen LogP contribution in [-0.2, 0) is 6.54 Å². The highest BCUT2D eigenvalue weighted by Crippen LogP contribution is 2.22. The topological polar surface area (TPSA) is 55.2 Å². The van der Waals surface area contributed by atoms with Crippen LogP contribution in [0.2, 0.25) is 0 Å². The van der Waals surface area contributed by atoms with Gasteiger partial charge in [0.15, 0.2) is 0 Å². The number of rotatable bonds is 4. The molecule has 4 nitrogen and oxygen atoms in total. The van der Waals surface area contributed by atoms with Crippen molar-refractivity contribution in [2.75, 3.05) is 5.32 Å². The molecular formula is C15H15FN2O2. The second-order valence-electron chi connectivity index (χ2n) is 4.77. The summed E-state index contributed by atoms with van der Waals surface area (Å²) in [7, 11) is 0. The van der Waals surface area contributed by atoms with E-state index in [4.69, 9.17) is 0 Å². The van der Waals surface area contributed by atoms with Gasteiger partial charge >= 0.3 is 5.69 Å². The summed E-state index contributed by atoms with van der Waals surface area (Å²) in [6.07, 6.45) is 0. The van der Waals surface area contributed by atoms with E-state index < -0.39 is 16.4 Å². The lowest BCUT2D eigenvalue weighted by molar-refractivity contribution is -0.387. The van der Waals surface area contributed by atoms with E-state index >= 15 is 0 Å². The van der Waals surface area contributed by atoms with Gasteiger partial charge in [0, 0.05) is 18.3 Å². The Morgan fingerprint density at radius 3 is 2.40 bits per heavy atom. The number of hydrogen-bond donors (Lipinski definition) is 1. The Morgan fingerprint density at radius 2 is 1.80 bits per heavy atom. The molecule has 20 heavy (non-hydrogen) atoms. The van der Waals surface area contributed by atoms with E-state index in [-0.39, 0.29) is 0 Å². The minimum Gasteiger partial charge on any atom is -0.381 e. The van der Waals surface area contributed by atoms with Gasteiger partial charge < -0.3 is 5.32 Å². The van der Waals surface area contributed by atoms with Crippen LogP contribution in [0.3, 0.4) is 0 Å². The van der Waals surface area contributed by atoms with Gasteiger partial charge in [0.2, 0.25) is 5.82 Å². The Kier molecular flexibility index (Phi) is 3.98. The highest BCUT2D eigenvalue weighted by atomic mass is 19.1. The first-order valence-electron chi connectivity index (χ1n) is 6.20. The van der Waals surface area contributed by atoms with Crippen molar-refractivity contribution in [3.63, 3.8) is 0 Å². The van der Waals surface area contributed by atoms with Gasteiger partial charge in [-0.3, -0.25) is 10.1 Å². The molecule has 0 amide bonds. The molecule has 0 atom stereocenters. The second kappa shape index (κ2) is 5.69. The number of hydrogen-bond acceptors (Lipinski definition) is 3. The summed E-state index contributed by atoms with van der Waals surface area (Å²) >= 11 is 0. The molecular weight excluding hydrogens is 259 g/mol. The molecule has 0 saturated heterocycles. The lowest BCUT2D eigenvalue weighted by Gasteiger charge is -2.08. The van der Waals surface area contributed by atoms with Gasteiger partial charge in [0.25, 0.3) is 0 Å². The standard InChI is InChI=1S/C15H15FN2O2/c1-10-5-11(2)7-12(6-10)9-17-13-3-4-14(16)15(8-13)18(19)20/h3-8,17H,9H2,1-2H3.